The molecule has 2 aromatic rings. The third kappa shape index (κ3) is 3.10. The summed E-state index contributed by atoms with van der Waals surface area (Å²) >= 11 is 0. The first kappa shape index (κ1) is 14.9. The first-order valence-corrected chi connectivity index (χ1v) is 7.56. The van der Waals surface area contributed by atoms with Gasteiger partial charge in [0.15, 0.2) is 0 Å². The summed E-state index contributed by atoms with van der Waals surface area (Å²) in [6.45, 7) is 4.12. The molecular weight excluding hydrogens is 278 g/mol. The average Bonchev–Trinajstić information content (AvgIpc) is 2.49. The van der Waals surface area contributed by atoms with Crippen molar-refractivity contribution in [1.82, 2.24) is 14.7 Å². The second kappa shape index (κ2) is 6.02. The van der Waals surface area contributed by atoms with Crippen LogP contribution in [0.3, 0.4) is 0 Å². The predicted molar refractivity (Wildman–Crippen MR) is 84.6 cm³/mol. The Morgan fingerprint density at radius 1 is 1.32 bits per heavy atom. The Kier molecular flexibility index (Phi) is 4.09. The number of β-amino-alcohol motifs (C(OH)–C–C–N with tert-alkyl or cyclic N) is 1. The van der Waals surface area contributed by atoms with Crippen molar-refractivity contribution in [2.75, 3.05) is 13.1 Å². The summed E-state index contributed by atoms with van der Waals surface area (Å²) in [5.74, 6) is 0. The van der Waals surface area contributed by atoms with E-state index in [9.17, 15) is 9.90 Å². The summed E-state index contributed by atoms with van der Waals surface area (Å²) in [6, 6.07) is 9.62. The fourth-order valence-electron chi connectivity index (χ4n) is 2.85. The highest BCUT2D eigenvalue weighted by molar-refractivity contribution is 5.24. The van der Waals surface area contributed by atoms with Gasteiger partial charge in [-0.1, -0.05) is 29.8 Å². The van der Waals surface area contributed by atoms with E-state index in [0.29, 0.717) is 13.1 Å². The summed E-state index contributed by atoms with van der Waals surface area (Å²) in [4.78, 5) is 13.9. The van der Waals surface area contributed by atoms with E-state index < -0.39 is 6.10 Å². The van der Waals surface area contributed by atoms with Crippen LogP contribution in [0.4, 0.5) is 0 Å². The number of nitrogens with zero attached hydrogens (tertiary/aromatic N) is 3. The summed E-state index contributed by atoms with van der Waals surface area (Å²) in [5, 5.41) is 14.7. The van der Waals surface area contributed by atoms with Gasteiger partial charge in [0.2, 0.25) is 0 Å². The highest BCUT2D eigenvalue weighted by Crippen LogP contribution is 2.20. The highest BCUT2D eigenvalue weighted by Gasteiger charge is 2.21. The summed E-state index contributed by atoms with van der Waals surface area (Å²) in [5.41, 5.74) is 4.00. The van der Waals surface area contributed by atoms with E-state index in [1.807, 2.05) is 31.2 Å². The van der Waals surface area contributed by atoms with Crippen LogP contribution in [-0.4, -0.2) is 32.9 Å². The molecular formula is C17H21N3O2. The largest absolute Gasteiger partial charge is 0.387 e. The van der Waals surface area contributed by atoms with Crippen LogP contribution in [0.1, 0.15) is 28.5 Å². The number of hydrogen-bond donors (Lipinski definition) is 1. The van der Waals surface area contributed by atoms with E-state index in [4.69, 9.17) is 0 Å². The Labute approximate surface area is 129 Å². The molecule has 1 unspecified atom stereocenters. The number of rotatable bonds is 3. The molecule has 116 valence electrons. The number of hydrogen-bond acceptors (Lipinski definition) is 4. The van der Waals surface area contributed by atoms with Crippen molar-refractivity contribution >= 4 is 0 Å². The molecule has 0 saturated heterocycles. The number of aliphatic hydroxyl groups excluding tert-OH is 1. The van der Waals surface area contributed by atoms with Crippen molar-refractivity contribution in [3.63, 3.8) is 0 Å². The van der Waals surface area contributed by atoms with E-state index in [0.717, 1.165) is 29.8 Å². The van der Waals surface area contributed by atoms with Crippen LogP contribution in [-0.2, 0) is 20.0 Å². The normalized spacial score (nSPS) is 16.3. The molecule has 1 N–H and O–H groups in total. The molecule has 3 rings (SSSR count). The standard InChI is InChI=1S/C17H21N3O2/c1-12-3-5-13(6-4-12)16(21)11-20-8-7-15-14(10-20)9-17(22)19(2)18-15/h3-6,9,16,21H,7-8,10-11H2,1-2H3. The lowest BCUT2D eigenvalue weighted by atomic mass is 10.0. The fraction of sp³-hybridized carbons (Fsp3) is 0.412. The lowest BCUT2D eigenvalue weighted by molar-refractivity contribution is 0.105. The maximum atomic E-state index is 11.7. The van der Waals surface area contributed by atoms with Crippen molar-refractivity contribution in [3.05, 3.63) is 63.1 Å². The Morgan fingerprint density at radius 3 is 2.77 bits per heavy atom. The van der Waals surface area contributed by atoms with Gasteiger partial charge in [0.25, 0.3) is 5.56 Å². The molecule has 0 radical (unpaired) electrons. The number of fused-ring (bicyclic) bond motifs is 1. The smallest absolute Gasteiger partial charge is 0.266 e. The van der Waals surface area contributed by atoms with Crippen LogP contribution >= 0.6 is 0 Å². The van der Waals surface area contributed by atoms with E-state index in [2.05, 4.69) is 10.00 Å². The van der Waals surface area contributed by atoms with Crippen molar-refractivity contribution in [1.29, 1.82) is 0 Å². The van der Waals surface area contributed by atoms with Crippen LogP contribution in [0.2, 0.25) is 0 Å². The van der Waals surface area contributed by atoms with Crippen molar-refractivity contribution < 1.29 is 5.11 Å². The van der Waals surface area contributed by atoms with Gasteiger partial charge in [-0.25, -0.2) is 4.68 Å². The third-order valence-electron chi connectivity index (χ3n) is 4.21. The maximum absolute atomic E-state index is 11.7. The highest BCUT2D eigenvalue weighted by atomic mass is 16.3. The molecule has 0 bridgehead atoms. The van der Waals surface area contributed by atoms with Crippen molar-refractivity contribution in [2.24, 2.45) is 7.05 Å². The van der Waals surface area contributed by atoms with Crippen LogP contribution in [0.5, 0.6) is 0 Å². The molecule has 0 fully saturated rings. The third-order valence-corrected chi connectivity index (χ3v) is 4.21. The number of aryl methyl sites for hydroxylation is 2. The van der Waals surface area contributed by atoms with Crippen molar-refractivity contribution in [3.8, 4) is 0 Å². The lowest BCUT2D eigenvalue weighted by Crippen LogP contribution is -2.36. The molecule has 1 aromatic carbocycles. The molecule has 1 aliphatic rings. The zero-order valence-corrected chi connectivity index (χ0v) is 13.0. The van der Waals surface area contributed by atoms with Gasteiger partial charge in [-0.2, -0.15) is 5.10 Å². The molecule has 0 spiro atoms. The van der Waals surface area contributed by atoms with E-state index in [1.165, 1.54) is 10.2 Å². The Bertz CT molecular complexity index is 722. The molecule has 22 heavy (non-hydrogen) atoms. The molecule has 5 heteroatoms. The zero-order valence-electron chi connectivity index (χ0n) is 13.0. The fourth-order valence-corrected chi connectivity index (χ4v) is 2.85. The van der Waals surface area contributed by atoms with Crippen LogP contribution in [0.25, 0.3) is 0 Å². The monoisotopic (exact) mass is 299 g/mol. The van der Waals surface area contributed by atoms with Gasteiger partial charge in [-0.15, -0.1) is 0 Å². The number of benzene rings is 1. The minimum atomic E-state index is -0.512. The first-order chi connectivity index (χ1) is 10.5. The predicted octanol–water partition coefficient (Wildman–Crippen LogP) is 1.18. The number of aromatic nitrogens is 2. The topological polar surface area (TPSA) is 58.4 Å². The SMILES string of the molecule is Cc1ccc(C(O)CN2CCc3nn(C)c(=O)cc3C2)cc1. The van der Waals surface area contributed by atoms with Crippen LogP contribution < -0.4 is 5.56 Å². The Balaban J connectivity index is 1.71. The molecule has 0 amide bonds. The van der Waals surface area contributed by atoms with E-state index >= 15 is 0 Å². The second-order valence-electron chi connectivity index (χ2n) is 5.99. The van der Waals surface area contributed by atoms with Gasteiger partial charge in [0.05, 0.1) is 11.8 Å². The second-order valence-corrected chi connectivity index (χ2v) is 5.99. The lowest BCUT2D eigenvalue weighted by Gasteiger charge is -2.29. The first-order valence-electron chi connectivity index (χ1n) is 7.56. The molecule has 5 nitrogen and oxygen atoms in total. The quantitative estimate of drug-likeness (QED) is 0.924. The van der Waals surface area contributed by atoms with E-state index in [1.54, 1.807) is 13.1 Å². The van der Waals surface area contributed by atoms with Crippen molar-refractivity contribution in [2.45, 2.75) is 26.0 Å². The summed E-state index contributed by atoms with van der Waals surface area (Å²) in [7, 11) is 1.68. The summed E-state index contributed by atoms with van der Waals surface area (Å²) < 4.78 is 1.38. The van der Waals surface area contributed by atoms with Gasteiger partial charge >= 0.3 is 0 Å². The summed E-state index contributed by atoms with van der Waals surface area (Å²) in [6.07, 6.45) is 0.297. The van der Waals surface area contributed by atoms with Gasteiger partial charge < -0.3 is 5.11 Å². The zero-order chi connectivity index (χ0) is 15.7. The molecule has 0 aliphatic carbocycles. The number of aliphatic hydroxyl groups is 1. The van der Waals surface area contributed by atoms with Gasteiger partial charge in [0.1, 0.15) is 0 Å². The minimum absolute atomic E-state index is 0.0836. The van der Waals surface area contributed by atoms with Gasteiger partial charge in [0, 0.05) is 39.2 Å². The molecule has 1 atom stereocenters. The van der Waals surface area contributed by atoms with Crippen LogP contribution in [0, 0.1) is 6.92 Å². The molecule has 1 aliphatic heterocycles. The average molecular weight is 299 g/mol. The molecule has 2 heterocycles. The van der Waals surface area contributed by atoms with Gasteiger partial charge in [-0.3, -0.25) is 9.69 Å². The maximum Gasteiger partial charge on any atom is 0.266 e. The Morgan fingerprint density at radius 2 is 2.05 bits per heavy atom. The van der Waals surface area contributed by atoms with Gasteiger partial charge in [-0.05, 0) is 18.1 Å². The molecule has 1 aromatic heterocycles. The molecule has 0 saturated carbocycles. The van der Waals surface area contributed by atoms with E-state index in [-0.39, 0.29) is 5.56 Å². The Hall–Kier alpha value is -1.98. The minimum Gasteiger partial charge on any atom is -0.387 e. The van der Waals surface area contributed by atoms with Crippen LogP contribution in [0.15, 0.2) is 35.1 Å².